The Morgan fingerprint density at radius 2 is 1.82 bits per heavy atom. The Bertz CT molecular complexity index is 815. The summed E-state index contributed by atoms with van der Waals surface area (Å²) in [6.45, 7) is 1.74. The van der Waals surface area contributed by atoms with Gasteiger partial charge in [0.15, 0.2) is 0 Å². The van der Waals surface area contributed by atoms with E-state index in [1.807, 2.05) is 10.8 Å². The molecule has 2 rings (SSSR count). The molecule has 22 heavy (non-hydrogen) atoms. The largest absolute Gasteiger partial charge is 0.268 e. The number of nitrogens with one attached hydrogen (secondary N) is 1. The molecule has 0 saturated heterocycles. The maximum absolute atomic E-state index is 12.1. The maximum Gasteiger partial charge on any atom is 0.265 e. The van der Waals surface area contributed by atoms with Crippen LogP contribution in [0.1, 0.15) is 21.5 Å². The lowest BCUT2D eigenvalue weighted by Crippen LogP contribution is -2.29. The molecule has 0 aliphatic heterocycles. The van der Waals surface area contributed by atoms with E-state index in [1.165, 1.54) is 6.08 Å². The molecule has 1 amide bonds. The first-order valence-electron chi connectivity index (χ1n) is 6.44. The summed E-state index contributed by atoms with van der Waals surface area (Å²) in [4.78, 5) is 12.1. The van der Waals surface area contributed by atoms with Crippen LogP contribution in [0, 0.1) is 6.92 Å². The van der Waals surface area contributed by atoms with E-state index in [0.29, 0.717) is 11.1 Å². The quantitative estimate of drug-likeness (QED) is 0.883. The molecule has 0 atom stereocenters. The van der Waals surface area contributed by atoms with Crippen LogP contribution in [0.15, 0.2) is 58.4 Å². The minimum absolute atomic E-state index is 0.319. The van der Waals surface area contributed by atoms with Crippen molar-refractivity contribution in [2.75, 3.05) is 0 Å². The predicted molar refractivity (Wildman–Crippen MR) is 90.7 cm³/mol. The lowest BCUT2D eigenvalue weighted by molar-refractivity contribution is 0.0981. The molecule has 0 fully saturated rings. The molecule has 6 heteroatoms. The summed E-state index contributed by atoms with van der Waals surface area (Å²) in [6.07, 6.45) is 1.43. The molecule has 0 aliphatic rings. The average Bonchev–Trinajstić information content (AvgIpc) is 2.45. The van der Waals surface area contributed by atoms with Gasteiger partial charge in [-0.1, -0.05) is 46.3 Å². The van der Waals surface area contributed by atoms with Crippen molar-refractivity contribution in [1.82, 2.24) is 4.72 Å². The topological polar surface area (TPSA) is 63.2 Å². The second-order valence-corrected chi connectivity index (χ2v) is 7.13. The molecule has 2 aromatic rings. The molecule has 1 N–H and O–H groups in total. The Morgan fingerprint density at radius 1 is 1.14 bits per heavy atom. The highest BCUT2D eigenvalue weighted by molar-refractivity contribution is 9.10. The Kier molecular flexibility index (Phi) is 5.15. The summed E-state index contributed by atoms with van der Waals surface area (Å²) < 4.78 is 26.7. The van der Waals surface area contributed by atoms with Crippen molar-refractivity contribution < 1.29 is 13.2 Å². The molecular weight excluding hydrogens is 366 g/mol. The summed E-state index contributed by atoms with van der Waals surface area (Å²) >= 11 is 3.30. The first-order valence-corrected chi connectivity index (χ1v) is 8.78. The molecular formula is C16H14BrNO3S. The van der Waals surface area contributed by atoms with Crippen molar-refractivity contribution in [2.45, 2.75) is 6.92 Å². The van der Waals surface area contributed by atoms with Crippen LogP contribution in [0.3, 0.4) is 0 Å². The second-order valence-electron chi connectivity index (χ2n) is 4.65. The van der Waals surface area contributed by atoms with E-state index in [1.54, 1.807) is 49.4 Å². The number of halogens is 1. The summed E-state index contributed by atoms with van der Waals surface area (Å²) in [7, 11) is -3.85. The van der Waals surface area contributed by atoms with Crippen molar-refractivity contribution in [1.29, 1.82) is 0 Å². The highest BCUT2D eigenvalue weighted by Gasteiger charge is 2.15. The van der Waals surface area contributed by atoms with E-state index in [9.17, 15) is 13.2 Å². The fraction of sp³-hybridized carbons (Fsp3) is 0.0625. The van der Waals surface area contributed by atoms with Crippen molar-refractivity contribution in [3.8, 4) is 0 Å². The summed E-state index contributed by atoms with van der Waals surface area (Å²) in [5, 5.41) is 0.981. The summed E-state index contributed by atoms with van der Waals surface area (Å²) in [5.74, 6) is -0.650. The fourth-order valence-corrected chi connectivity index (χ4v) is 3.08. The van der Waals surface area contributed by atoms with Gasteiger partial charge in [-0.3, -0.25) is 4.79 Å². The van der Waals surface area contributed by atoms with E-state index in [2.05, 4.69) is 15.9 Å². The van der Waals surface area contributed by atoms with Crippen LogP contribution in [0.2, 0.25) is 0 Å². The predicted octanol–water partition coefficient (Wildman–Crippen LogP) is 3.49. The van der Waals surface area contributed by atoms with Crippen LogP contribution in [0.5, 0.6) is 0 Å². The van der Waals surface area contributed by atoms with E-state index in [0.717, 1.165) is 15.4 Å². The van der Waals surface area contributed by atoms with Gasteiger partial charge >= 0.3 is 0 Å². The Morgan fingerprint density at radius 3 is 2.45 bits per heavy atom. The lowest BCUT2D eigenvalue weighted by atomic mass is 10.1. The normalized spacial score (nSPS) is 11.5. The molecule has 0 spiro atoms. The third kappa shape index (κ3) is 4.54. The molecule has 0 radical (unpaired) electrons. The smallest absolute Gasteiger partial charge is 0.265 e. The Labute approximate surface area is 138 Å². The van der Waals surface area contributed by atoms with Gasteiger partial charge in [-0.2, -0.15) is 0 Å². The SMILES string of the molecule is Cc1cc(Br)ccc1C(=O)NS(=O)(=O)C=Cc1ccccc1. The van der Waals surface area contributed by atoms with Gasteiger partial charge in [0.2, 0.25) is 0 Å². The number of carbonyl (C=O) groups excluding carboxylic acids is 1. The standard InChI is InChI=1S/C16H14BrNO3S/c1-12-11-14(17)7-8-15(12)16(19)18-22(20,21)10-9-13-5-3-2-4-6-13/h2-11H,1H3,(H,18,19). The molecule has 0 aromatic heterocycles. The van der Waals surface area contributed by atoms with Gasteiger partial charge < -0.3 is 0 Å². The Balaban J connectivity index is 2.14. The first kappa shape index (κ1) is 16.5. The van der Waals surface area contributed by atoms with Gasteiger partial charge in [0, 0.05) is 10.0 Å². The Hall–Kier alpha value is -1.92. The van der Waals surface area contributed by atoms with Crippen LogP contribution < -0.4 is 4.72 Å². The minimum Gasteiger partial charge on any atom is -0.268 e. The third-order valence-corrected chi connectivity index (χ3v) is 4.36. The van der Waals surface area contributed by atoms with Gasteiger partial charge in [0.1, 0.15) is 0 Å². The molecule has 4 nitrogen and oxygen atoms in total. The zero-order chi connectivity index (χ0) is 16.2. The number of carbonyl (C=O) groups is 1. The van der Waals surface area contributed by atoms with Gasteiger partial charge in [-0.05, 0) is 42.3 Å². The van der Waals surface area contributed by atoms with Crippen molar-refractivity contribution >= 4 is 37.9 Å². The number of benzene rings is 2. The number of aryl methyl sites for hydroxylation is 1. The molecule has 114 valence electrons. The van der Waals surface area contributed by atoms with Crippen molar-refractivity contribution in [3.05, 3.63) is 75.1 Å². The van der Waals surface area contributed by atoms with Crippen LogP contribution >= 0.6 is 15.9 Å². The molecule has 0 aliphatic carbocycles. The minimum atomic E-state index is -3.85. The van der Waals surface area contributed by atoms with Gasteiger partial charge in [-0.25, -0.2) is 13.1 Å². The van der Waals surface area contributed by atoms with E-state index in [4.69, 9.17) is 0 Å². The lowest BCUT2D eigenvalue weighted by Gasteiger charge is -2.06. The van der Waals surface area contributed by atoms with Crippen LogP contribution in [0.4, 0.5) is 0 Å². The van der Waals surface area contributed by atoms with Gasteiger partial charge in [-0.15, -0.1) is 0 Å². The van der Waals surface area contributed by atoms with Crippen LogP contribution in [0.25, 0.3) is 6.08 Å². The van der Waals surface area contributed by atoms with Crippen molar-refractivity contribution in [2.24, 2.45) is 0 Å². The van der Waals surface area contributed by atoms with E-state index < -0.39 is 15.9 Å². The number of rotatable bonds is 4. The first-order chi connectivity index (χ1) is 10.4. The molecule has 0 unspecified atom stereocenters. The maximum atomic E-state index is 12.1. The molecule has 0 saturated carbocycles. The number of hydrogen-bond acceptors (Lipinski definition) is 3. The van der Waals surface area contributed by atoms with Gasteiger partial charge in [0.05, 0.1) is 5.41 Å². The third-order valence-electron chi connectivity index (χ3n) is 2.91. The zero-order valence-corrected chi connectivity index (χ0v) is 14.2. The van der Waals surface area contributed by atoms with E-state index in [-0.39, 0.29) is 0 Å². The summed E-state index contributed by atoms with van der Waals surface area (Å²) in [5.41, 5.74) is 1.74. The summed E-state index contributed by atoms with van der Waals surface area (Å²) in [6, 6.07) is 14.0. The number of amides is 1. The number of sulfonamides is 1. The monoisotopic (exact) mass is 379 g/mol. The van der Waals surface area contributed by atoms with Gasteiger partial charge in [0.25, 0.3) is 15.9 Å². The number of hydrogen-bond donors (Lipinski definition) is 1. The molecule has 0 heterocycles. The fourth-order valence-electron chi connectivity index (χ4n) is 1.83. The van der Waals surface area contributed by atoms with E-state index >= 15 is 0 Å². The highest BCUT2D eigenvalue weighted by atomic mass is 79.9. The van der Waals surface area contributed by atoms with Crippen LogP contribution in [-0.2, 0) is 10.0 Å². The molecule has 2 aromatic carbocycles. The molecule has 0 bridgehead atoms. The average molecular weight is 380 g/mol. The highest BCUT2D eigenvalue weighted by Crippen LogP contribution is 2.16. The second kappa shape index (κ2) is 6.89. The zero-order valence-electron chi connectivity index (χ0n) is 11.8. The van der Waals surface area contributed by atoms with Crippen molar-refractivity contribution in [3.63, 3.8) is 0 Å². The van der Waals surface area contributed by atoms with Crippen LogP contribution in [-0.4, -0.2) is 14.3 Å².